The van der Waals surface area contributed by atoms with E-state index in [1.165, 1.54) is 18.2 Å². The third-order valence-electron chi connectivity index (χ3n) is 5.51. The molecule has 180 valence electrons. The maximum atomic E-state index is 13.3. The van der Waals surface area contributed by atoms with Gasteiger partial charge in [0.25, 0.3) is 0 Å². The van der Waals surface area contributed by atoms with E-state index in [9.17, 15) is 22.7 Å². The summed E-state index contributed by atoms with van der Waals surface area (Å²) in [5, 5.41) is 12.5. The highest BCUT2D eigenvalue weighted by Gasteiger charge is 2.18. The van der Waals surface area contributed by atoms with Gasteiger partial charge in [-0.15, -0.1) is 0 Å². The largest absolute Gasteiger partial charge is 0.478 e. The van der Waals surface area contributed by atoms with E-state index in [0.717, 1.165) is 11.1 Å². The summed E-state index contributed by atoms with van der Waals surface area (Å²) in [5.74, 6) is -1.82. The SMILES string of the molecule is Cc1ccc(C(=O)O)cc1NCC(CCS(=O)(=O)NCc1ccc(F)c(Cl)c1)c1ccccc1. The Kier molecular flexibility index (Phi) is 8.66. The zero-order valence-electron chi connectivity index (χ0n) is 18.6. The van der Waals surface area contributed by atoms with Crippen LogP contribution in [0.5, 0.6) is 0 Å². The first-order chi connectivity index (χ1) is 16.1. The number of nitrogens with one attached hydrogen (secondary N) is 2. The minimum Gasteiger partial charge on any atom is -0.478 e. The van der Waals surface area contributed by atoms with Gasteiger partial charge in [0.05, 0.1) is 16.3 Å². The van der Waals surface area contributed by atoms with Gasteiger partial charge in [0.15, 0.2) is 0 Å². The Labute approximate surface area is 203 Å². The van der Waals surface area contributed by atoms with Crippen molar-refractivity contribution in [3.8, 4) is 0 Å². The molecule has 0 radical (unpaired) electrons. The van der Waals surface area contributed by atoms with Gasteiger partial charge in [-0.25, -0.2) is 22.3 Å². The summed E-state index contributed by atoms with van der Waals surface area (Å²) in [6, 6.07) is 18.5. The normalized spacial score (nSPS) is 12.3. The average molecular weight is 505 g/mol. The number of carboxylic acids is 1. The molecule has 0 fully saturated rings. The van der Waals surface area contributed by atoms with Gasteiger partial charge in [0.1, 0.15) is 5.82 Å². The molecule has 9 heteroatoms. The minimum atomic E-state index is -3.61. The van der Waals surface area contributed by atoms with Crippen LogP contribution in [0.4, 0.5) is 10.1 Å². The van der Waals surface area contributed by atoms with Crippen LogP contribution in [-0.4, -0.2) is 31.8 Å². The number of hydrogen-bond donors (Lipinski definition) is 3. The number of carbonyl (C=O) groups is 1. The standard InChI is InChI=1S/C25H26ClFN2O4S/c1-17-7-9-20(25(30)31)14-24(17)28-16-21(19-5-3-2-4-6-19)11-12-34(32,33)29-15-18-8-10-23(27)22(26)13-18/h2-10,13-14,21,28-29H,11-12,15-16H2,1H3,(H,30,31). The van der Waals surface area contributed by atoms with Crippen molar-refractivity contribution in [2.24, 2.45) is 0 Å². The van der Waals surface area contributed by atoms with Crippen LogP contribution >= 0.6 is 11.6 Å². The molecule has 3 rings (SSSR count). The van der Waals surface area contributed by atoms with Crippen molar-refractivity contribution in [3.63, 3.8) is 0 Å². The van der Waals surface area contributed by atoms with E-state index in [1.54, 1.807) is 18.2 Å². The topological polar surface area (TPSA) is 95.5 Å². The van der Waals surface area contributed by atoms with E-state index in [0.29, 0.717) is 24.2 Å². The lowest BCUT2D eigenvalue weighted by Gasteiger charge is -2.20. The second kappa shape index (κ2) is 11.5. The van der Waals surface area contributed by atoms with Crippen LogP contribution < -0.4 is 10.0 Å². The first kappa shape index (κ1) is 25.7. The molecule has 1 atom stereocenters. The van der Waals surface area contributed by atoms with Crippen molar-refractivity contribution in [2.75, 3.05) is 17.6 Å². The number of aryl methyl sites for hydroxylation is 1. The van der Waals surface area contributed by atoms with Crippen LogP contribution in [0, 0.1) is 12.7 Å². The van der Waals surface area contributed by atoms with E-state index in [4.69, 9.17) is 11.6 Å². The predicted molar refractivity (Wildman–Crippen MR) is 132 cm³/mol. The van der Waals surface area contributed by atoms with Crippen molar-refractivity contribution in [1.29, 1.82) is 0 Å². The van der Waals surface area contributed by atoms with Gasteiger partial charge in [-0.2, -0.15) is 0 Å². The van der Waals surface area contributed by atoms with Crippen LogP contribution in [0.2, 0.25) is 5.02 Å². The third-order valence-corrected chi connectivity index (χ3v) is 7.16. The number of rotatable bonds is 11. The van der Waals surface area contributed by atoms with Crippen molar-refractivity contribution >= 4 is 33.3 Å². The summed E-state index contributed by atoms with van der Waals surface area (Å²) in [6.07, 6.45) is 0.341. The van der Waals surface area contributed by atoms with Gasteiger partial charge in [-0.3, -0.25) is 0 Å². The van der Waals surface area contributed by atoms with E-state index < -0.39 is 21.8 Å². The van der Waals surface area contributed by atoms with Crippen molar-refractivity contribution in [1.82, 2.24) is 4.72 Å². The third kappa shape index (κ3) is 7.28. The molecular weight excluding hydrogens is 479 g/mol. The number of hydrogen-bond acceptors (Lipinski definition) is 4. The summed E-state index contributed by atoms with van der Waals surface area (Å²) < 4.78 is 41.1. The lowest BCUT2D eigenvalue weighted by molar-refractivity contribution is 0.0697. The van der Waals surface area contributed by atoms with Crippen LogP contribution in [-0.2, 0) is 16.6 Å². The van der Waals surface area contributed by atoms with Crippen molar-refractivity contribution < 1.29 is 22.7 Å². The summed E-state index contributed by atoms with van der Waals surface area (Å²) in [7, 11) is -3.61. The molecule has 0 saturated heterocycles. The Morgan fingerprint density at radius 2 is 1.82 bits per heavy atom. The Morgan fingerprint density at radius 3 is 2.50 bits per heavy atom. The second-order valence-corrected chi connectivity index (χ2v) is 10.3. The predicted octanol–water partition coefficient (Wildman–Crippen LogP) is 5.19. The summed E-state index contributed by atoms with van der Waals surface area (Å²) in [6.45, 7) is 2.32. The minimum absolute atomic E-state index is 0.0117. The molecule has 34 heavy (non-hydrogen) atoms. The molecule has 0 aliphatic rings. The molecular formula is C25H26ClFN2O4S. The Morgan fingerprint density at radius 1 is 1.09 bits per heavy atom. The molecule has 3 aromatic carbocycles. The number of aromatic carboxylic acids is 1. The molecule has 0 aromatic heterocycles. The fourth-order valence-corrected chi connectivity index (χ4v) is 4.83. The van der Waals surface area contributed by atoms with Gasteiger partial charge in [0, 0.05) is 24.7 Å². The van der Waals surface area contributed by atoms with Gasteiger partial charge in [0.2, 0.25) is 10.0 Å². The Bertz CT molecular complexity index is 1250. The van der Waals surface area contributed by atoms with E-state index in [-0.39, 0.29) is 28.8 Å². The van der Waals surface area contributed by atoms with Crippen LogP contribution in [0.1, 0.15) is 39.4 Å². The first-order valence-electron chi connectivity index (χ1n) is 10.7. The highest BCUT2D eigenvalue weighted by molar-refractivity contribution is 7.89. The lowest BCUT2D eigenvalue weighted by atomic mass is 9.96. The van der Waals surface area contributed by atoms with Crippen molar-refractivity contribution in [3.05, 3.63) is 99.8 Å². The quantitative estimate of drug-likeness (QED) is 0.334. The summed E-state index contributed by atoms with van der Waals surface area (Å²) in [5.41, 5.74) is 3.30. The lowest BCUT2D eigenvalue weighted by Crippen LogP contribution is -2.28. The summed E-state index contributed by atoms with van der Waals surface area (Å²) >= 11 is 5.77. The molecule has 3 aromatic rings. The number of carboxylic acid groups (broad SMARTS) is 1. The number of anilines is 1. The zero-order chi connectivity index (χ0) is 24.7. The number of sulfonamides is 1. The molecule has 0 heterocycles. The molecule has 0 aliphatic heterocycles. The maximum Gasteiger partial charge on any atom is 0.335 e. The second-order valence-electron chi connectivity index (χ2n) is 8.00. The van der Waals surface area contributed by atoms with Crippen molar-refractivity contribution in [2.45, 2.75) is 25.8 Å². The highest BCUT2D eigenvalue weighted by Crippen LogP contribution is 2.24. The molecule has 1 unspecified atom stereocenters. The van der Waals surface area contributed by atoms with E-state index >= 15 is 0 Å². The Balaban J connectivity index is 1.67. The average Bonchev–Trinajstić information content (AvgIpc) is 2.81. The van der Waals surface area contributed by atoms with Gasteiger partial charge < -0.3 is 10.4 Å². The van der Waals surface area contributed by atoms with E-state index in [2.05, 4.69) is 10.0 Å². The first-order valence-corrected chi connectivity index (χ1v) is 12.7. The van der Waals surface area contributed by atoms with Gasteiger partial charge in [-0.05, 0) is 54.3 Å². The summed E-state index contributed by atoms with van der Waals surface area (Å²) in [4.78, 5) is 11.3. The highest BCUT2D eigenvalue weighted by atomic mass is 35.5. The van der Waals surface area contributed by atoms with Gasteiger partial charge in [-0.1, -0.05) is 54.1 Å². The fourth-order valence-electron chi connectivity index (χ4n) is 3.50. The fraction of sp³-hybridized carbons (Fsp3) is 0.240. The molecule has 3 N–H and O–H groups in total. The number of halogens is 2. The molecule has 0 spiro atoms. The molecule has 6 nitrogen and oxygen atoms in total. The molecule has 0 bridgehead atoms. The van der Waals surface area contributed by atoms with Gasteiger partial charge >= 0.3 is 5.97 Å². The molecule has 0 aliphatic carbocycles. The molecule has 0 amide bonds. The maximum absolute atomic E-state index is 13.3. The van der Waals surface area contributed by atoms with Crippen LogP contribution in [0.3, 0.4) is 0 Å². The Hall–Kier alpha value is -2.94. The number of benzene rings is 3. The molecule has 0 saturated carbocycles. The smallest absolute Gasteiger partial charge is 0.335 e. The van der Waals surface area contributed by atoms with Crippen LogP contribution in [0.25, 0.3) is 0 Å². The monoisotopic (exact) mass is 504 g/mol. The van der Waals surface area contributed by atoms with Crippen LogP contribution in [0.15, 0.2) is 66.7 Å². The van der Waals surface area contributed by atoms with E-state index in [1.807, 2.05) is 37.3 Å². The zero-order valence-corrected chi connectivity index (χ0v) is 20.2.